The number of nitrogens with one attached hydrogen (secondary N) is 1. The van der Waals surface area contributed by atoms with E-state index >= 15 is 0 Å². The van der Waals surface area contributed by atoms with Crippen LogP contribution >= 0.6 is 0 Å². The number of allylic oxidation sites excluding steroid dienone is 2. The van der Waals surface area contributed by atoms with Gasteiger partial charge in [-0.15, -0.1) is 0 Å². The van der Waals surface area contributed by atoms with Crippen LogP contribution in [0.15, 0.2) is 36.0 Å². The van der Waals surface area contributed by atoms with Gasteiger partial charge in [0.05, 0.1) is 7.11 Å². The number of carbonyl (C=O) groups is 2. The Morgan fingerprint density at radius 3 is 2.78 bits per heavy atom. The lowest BCUT2D eigenvalue weighted by molar-refractivity contribution is -0.147. The number of rotatable bonds is 3. The molecular formula is C27H36N2O3. The largest absolute Gasteiger partial charge is 0.497 e. The molecule has 3 fully saturated rings. The Bertz CT molecular complexity index is 971. The highest BCUT2D eigenvalue weighted by Crippen LogP contribution is 2.64. The zero-order chi connectivity index (χ0) is 22.7. The molecule has 1 unspecified atom stereocenters. The number of fused-ring (bicyclic) bond motifs is 5. The SMILES string of the molecule is COc1cccc(NC(=O)C2C[C@@]3(C)C(=CC[C@@H]4[C@H]3CC[C@]3(C)CCC[C@@H]43)N(C)C2=O)c1. The van der Waals surface area contributed by atoms with E-state index in [9.17, 15) is 9.59 Å². The van der Waals surface area contributed by atoms with E-state index in [1.807, 2.05) is 25.2 Å². The minimum atomic E-state index is -0.663. The molecule has 172 valence electrons. The van der Waals surface area contributed by atoms with Crippen LogP contribution in [0.2, 0.25) is 0 Å². The fraction of sp³-hybridized carbons (Fsp3) is 0.630. The van der Waals surface area contributed by atoms with Gasteiger partial charge < -0.3 is 15.0 Å². The lowest BCUT2D eigenvalue weighted by Gasteiger charge is -2.58. The van der Waals surface area contributed by atoms with Crippen molar-refractivity contribution in [2.45, 2.75) is 58.8 Å². The van der Waals surface area contributed by atoms with Gasteiger partial charge in [-0.3, -0.25) is 9.59 Å². The van der Waals surface area contributed by atoms with Crippen LogP contribution in [0.25, 0.3) is 0 Å². The molecule has 0 aromatic heterocycles. The molecule has 2 amide bonds. The van der Waals surface area contributed by atoms with Crippen LogP contribution in [0.1, 0.15) is 58.8 Å². The van der Waals surface area contributed by atoms with Gasteiger partial charge in [0, 0.05) is 29.9 Å². The number of hydrogen-bond acceptors (Lipinski definition) is 3. The first-order valence-electron chi connectivity index (χ1n) is 12.2. The highest BCUT2D eigenvalue weighted by molar-refractivity contribution is 6.07. The average Bonchev–Trinajstić information content (AvgIpc) is 3.18. The number of likely N-dealkylation sites (tertiary alicyclic amines) is 1. The van der Waals surface area contributed by atoms with Gasteiger partial charge in [0.2, 0.25) is 11.8 Å². The smallest absolute Gasteiger partial charge is 0.239 e. The van der Waals surface area contributed by atoms with E-state index in [0.717, 1.165) is 18.0 Å². The average molecular weight is 437 g/mol. The Morgan fingerprint density at radius 2 is 2.00 bits per heavy atom. The second-order valence-corrected chi connectivity index (χ2v) is 11.1. The second kappa shape index (κ2) is 7.64. The Morgan fingerprint density at radius 1 is 1.19 bits per heavy atom. The van der Waals surface area contributed by atoms with Crippen molar-refractivity contribution in [1.29, 1.82) is 0 Å². The van der Waals surface area contributed by atoms with E-state index in [2.05, 4.69) is 25.2 Å². The lowest BCUT2D eigenvalue weighted by Crippen LogP contribution is -2.57. The predicted octanol–water partition coefficient (Wildman–Crippen LogP) is 5.24. The normalized spacial score (nSPS) is 38.3. The Hall–Kier alpha value is -2.30. The zero-order valence-corrected chi connectivity index (χ0v) is 19.8. The molecule has 2 saturated carbocycles. The van der Waals surface area contributed by atoms with Crippen LogP contribution in [0.5, 0.6) is 5.75 Å². The fourth-order valence-corrected chi connectivity index (χ4v) is 7.85. The van der Waals surface area contributed by atoms with Crippen molar-refractivity contribution in [3.8, 4) is 5.75 Å². The molecular weight excluding hydrogens is 400 g/mol. The van der Waals surface area contributed by atoms with E-state index in [-0.39, 0.29) is 17.2 Å². The maximum atomic E-state index is 13.3. The number of ether oxygens (including phenoxy) is 1. The third-order valence-electron chi connectivity index (χ3n) is 9.48. The quantitative estimate of drug-likeness (QED) is 0.660. The molecule has 1 N–H and O–H groups in total. The number of anilines is 1. The first-order chi connectivity index (χ1) is 15.3. The molecule has 4 aliphatic rings. The first kappa shape index (κ1) is 21.5. The Balaban J connectivity index is 1.42. The van der Waals surface area contributed by atoms with Crippen molar-refractivity contribution < 1.29 is 14.3 Å². The van der Waals surface area contributed by atoms with Crippen molar-refractivity contribution in [3.05, 3.63) is 36.0 Å². The minimum absolute atomic E-state index is 0.0888. The van der Waals surface area contributed by atoms with Crippen LogP contribution in [-0.2, 0) is 9.59 Å². The molecule has 0 radical (unpaired) electrons. The highest BCUT2D eigenvalue weighted by Gasteiger charge is 2.59. The number of nitrogens with zero attached hydrogens (tertiary/aromatic N) is 1. The molecule has 1 saturated heterocycles. The van der Waals surface area contributed by atoms with Crippen molar-refractivity contribution in [1.82, 2.24) is 4.90 Å². The third kappa shape index (κ3) is 3.19. The van der Waals surface area contributed by atoms with Gasteiger partial charge >= 0.3 is 0 Å². The molecule has 5 nitrogen and oxygen atoms in total. The van der Waals surface area contributed by atoms with Crippen LogP contribution in [0.3, 0.4) is 0 Å². The predicted molar refractivity (Wildman–Crippen MR) is 125 cm³/mol. The van der Waals surface area contributed by atoms with E-state index in [4.69, 9.17) is 4.74 Å². The number of carbonyl (C=O) groups excluding carboxylic acids is 2. The number of benzene rings is 1. The van der Waals surface area contributed by atoms with Crippen molar-refractivity contribution in [2.75, 3.05) is 19.5 Å². The molecule has 6 atom stereocenters. The third-order valence-corrected chi connectivity index (χ3v) is 9.48. The van der Waals surface area contributed by atoms with Gasteiger partial charge in [-0.2, -0.15) is 0 Å². The minimum Gasteiger partial charge on any atom is -0.497 e. The van der Waals surface area contributed by atoms with E-state index < -0.39 is 5.92 Å². The summed E-state index contributed by atoms with van der Waals surface area (Å²) < 4.78 is 5.27. The van der Waals surface area contributed by atoms with Crippen molar-refractivity contribution in [3.63, 3.8) is 0 Å². The van der Waals surface area contributed by atoms with Crippen LogP contribution in [0.4, 0.5) is 5.69 Å². The van der Waals surface area contributed by atoms with Gasteiger partial charge in [0.1, 0.15) is 11.7 Å². The fourth-order valence-electron chi connectivity index (χ4n) is 7.85. The molecule has 0 spiro atoms. The van der Waals surface area contributed by atoms with E-state index in [1.54, 1.807) is 18.1 Å². The standard InChI is InChI=1S/C27H36N2O3/c1-26-13-6-9-21(26)19-10-11-23-27(2,22(19)12-14-26)16-20(25(31)29(23)3)24(30)28-17-7-5-8-18(15-17)32-4/h5,7-8,11,15,19-22H,6,9-10,12-14,16H2,1-4H3,(H,28,30)/t19-,20?,21-,22+,26-,27+/m0/s1. The van der Waals surface area contributed by atoms with Gasteiger partial charge in [-0.25, -0.2) is 0 Å². The van der Waals surface area contributed by atoms with Gasteiger partial charge in [0.25, 0.3) is 0 Å². The maximum Gasteiger partial charge on any atom is 0.239 e. The van der Waals surface area contributed by atoms with Crippen molar-refractivity contribution in [2.24, 2.45) is 34.5 Å². The van der Waals surface area contributed by atoms with Crippen LogP contribution < -0.4 is 10.1 Å². The summed E-state index contributed by atoms with van der Waals surface area (Å²) in [5, 5.41) is 2.98. The molecule has 32 heavy (non-hydrogen) atoms. The van der Waals surface area contributed by atoms with Crippen LogP contribution in [0, 0.1) is 34.5 Å². The number of piperidine rings is 1. The maximum absolute atomic E-state index is 13.3. The zero-order valence-electron chi connectivity index (χ0n) is 19.8. The summed E-state index contributed by atoms with van der Waals surface area (Å²) in [6.07, 6.45) is 10.5. The molecule has 3 aliphatic carbocycles. The molecule has 1 aromatic carbocycles. The lowest BCUT2D eigenvalue weighted by atomic mass is 9.49. The molecule has 1 aromatic rings. The topological polar surface area (TPSA) is 58.6 Å². The number of hydrogen-bond donors (Lipinski definition) is 1. The summed E-state index contributed by atoms with van der Waals surface area (Å²) >= 11 is 0. The molecule has 5 heteroatoms. The van der Waals surface area contributed by atoms with Gasteiger partial charge in [-0.1, -0.05) is 32.4 Å². The summed E-state index contributed by atoms with van der Waals surface area (Å²) in [5.41, 5.74) is 2.17. The molecule has 5 rings (SSSR count). The molecule has 1 heterocycles. The number of amides is 2. The molecule has 0 bridgehead atoms. The van der Waals surface area contributed by atoms with Gasteiger partial charge in [0.15, 0.2) is 0 Å². The van der Waals surface area contributed by atoms with E-state index in [1.165, 1.54) is 32.1 Å². The Labute approximate surface area is 191 Å². The second-order valence-electron chi connectivity index (χ2n) is 11.1. The first-order valence-corrected chi connectivity index (χ1v) is 12.2. The number of methoxy groups -OCH3 is 1. The van der Waals surface area contributed by atoms with E-state index in [0.29, 0.717) is 35.1 Å². The summed E-state index contributed by atoms with van der Waals surface area (Å²) in [5.74, 6) is 1.72. The van der Waals surface area contributed by atoms with Crippen molar-refractivity contribution >= 4 is 17.5 Å². The van der Waals surface area contributed by atoms with Gasteiger partial charge in [-0.05, 0) is 73.8 Å². The summed E-state index contributed by atoms with van der Waals surface area (Å²) in [6, 6.07) is 7.32. The highest BCUT2D eigenvalue weighted by atomic mass is 16.5. The summed E-state index contributed by atoms with van der Waals surface area (Å²) in [4.78, 5) is 28.4. The Kier molecular flexibility index (Phi) is 5.14. The van der Waals surface area contributed by atoms with Crippen LogP contribution in [-0.4, -0.2) is 30.9 Å². The summed E-state index contributed by atoms with van der Waals surface area (Å²) in [6.45, 7) is 4.82. The molecule has 1 aliphatic heterocycles. The monoisotopic (exact) mass is 436 g/mol. The summed E-state index contributed by atoms with van der Waals surface area (Å²) in [7, 11) is 3.47.